The molecule has 0 aliphatic carbocycles. The molecule has 26 heavy (non-hydrogen) atoms. The quantitative estimate of drug-likeness (QED) is 0.435. The lowest BCUT2D eigenvalue weighted by Gasteiger charge is -2.16. The van der Waals surface area contributed by atoms with Gasteiger partial charge in [-0.15, -0.1) is 0 Å². The van der Waals surface area contributed by atoms with E-state index in [4.69, 9.17) is 16.6 Å². The summed E-state index contributed by atoms with van der Waals surface area (Å²) in [6, 6.07) is 21.4. The molecule has 1 amide bonds. The number of hydrogen-bond acceptors (Lipinski definition) is 4. The second kappa shape index (κ2) is 6.94. The van der Waals surface area contributed by atoms with Crippen LogP contribution in [0.1, 0.15) is 11.3 Å². The fourth-order valence-electron chi connectivity index (χ4n) is 2.81. The predicted octanol–water partition coefficient (Wildman–Crippen LogP) is 5.66. The van der Waals surface area contributed by atoms with Gasteiger partial charge >= 0.3 is 0 Å². The molecule has 2 aromatic carbocycles. The Labute approximate surface area is 161 Å². The number of benzene rings is 2. The molecule has 0 radical (unpaired) electrons. The summed E-state index contributed by atoms with van der Waals surface area (Å²) in [6.07, 6.45) is 1.75. The fraction of sp³-hybridized carbons (Fsp3) is 0.0476. The van der Waals surface area contributed by atoms with Crippen LogP contribution in [0.25, 0.3) is 17.4 Å². The number of para-hydroxylation sites is 1. The zero-order valence-corrected chi connectivity index (χ0v) is 15.6. The number of aryl methyl sites for hydroxylation is 1. The lowest BCUT2D eigenvalue weighted by Crippen LogP contribution is -2.28. The highest BCUT2D eigenvalue weighted by Gasteiger charge is 2.34. The molecule has 1 aliphatic heterocycles. The Morgan fingerprint density at radius 2 is 1.73 bits per heavy atom. The number of anilines is 1. The highest BCUT2D eigenvalue weighted by atomic mass is 32.2. The Balaban J connectivity index is 1.63. The van der Waals surface area contributed by atoms with Crippen LogP contribution in [0.5, 0.6) is 0 Å². The molecule has 2 heterocycles. The Bertz CT molecular complexity index is 1020. The van der Waals surface area contributed by atoms with Crippen molar-refractivity contribution in [2.24, 2.45) is 0 Å². The van der Waals surface area contributed by atoms with Crippen LogP contribution in [0.3, 0.4) is 0 Å². The second-order valence-electron chi connectivity index (χ2n) is 5.87. The highest BCUT2D eigenvalue weighted by molar-refractivity contribution is 8.27. The smallest absolute Gasteiger partial charge is 0.270 e. The van der Waals surface area contributed by atoms with Gasteiger partial charge in [0.25, 0.3) is 5.91 Å². The number of rotatable bonds is 3. The minimum absolute atomic E-state index is 0.119. The number of furan rings is 1. The number of carbonyl (C=O) groups excluding carboxylic acids is 1. The average Bonchev–Trinajstić information content (AvgIpc) is 3.22. The van der Waals surface area contributed by atoms with Crippen LogP contribution in [0.15, 0.2) is 76.1 Å². The maximum absolute atomic E-state index is 12.9. The summed E-state index contributed by atoms with van der Waals surface area (Å²) in [5.74, 6) is 1.28. The minimum Gasteiger partial charge on any atom is -0.457 e. The number of thiocarbonyl (C=S) groups is 1. The number of amides is 1. The molecule has 1 aromatic heterocycles. The summed E-state index contributed by atoms with van der Waals surface area (Å²) in [5.41, 5.74) is 2.83. The molecular formula is C21H15NO2S2. The summed E-state index contributed by atoms with van der Waals surface area (Å²) in [6.45, 7) is 1.97. The number of carbonyl (C=O) groups is 1. The first kappa shape index (κ1) is 16.8. The largest absolute Gasteiger partial charge is 0.457 e. The molecule has 0 atom stereocenters. The highest BCUT2D eigenvalue weighted by Crippen LogP contribution is 2.37. The minimum atomic E-state index is -0.119. The molecular weight excluding hydrogens is 362 g/mol. The van der Waals surface area contributed by atoms with Gasteiger partial charge in [-0.1, -0.05) is 72.5 Å². The molecule has 0 bridgehead atoms. The third kappa shape index (κ3) is 3.11. The fourth-order valence-corrected chi connectivity index (χ4v) is 4.07. The Morgan fingerprint density at radius 1 is 1.00 bits per heavy atom. The topological polar surface area (TPSA) is 33.5 Å². The summed E-state index contributed by atoms with van der Waals surface area (Å²) >= 11 is 6.73. The lowest BCUT2D eigenvalue weighted by atomic mass is 10.2. The first-order valence-corrected chi connectivity index (χ1v) is 9.35. The number of thioether (sulfide) groups is 1. The second-order valence-corrected chi connectivity index (χ2v) is 7.55. The van der Waals surface area contributed by atoms with Crippen molar-refractivity contribution in [3.63, 3.8) is 0 Å². The van der Waals surface area contributed by atoms with Crippen molar-refractivity contribution < 1.29 is 9.21 Å². The maximum atomic E-state index is 12.9. The van der Waals surface area contributed by atoms with Crippen LogP contribution in [0.2, 0.25) is 0 Å². The molecule has 1 aliphatic rings. The van der Waals surface area contributed by atoms with E-state index in [2.05, 4.69) is 0 Å². The van der Waals surface area contributed by atoms with Gasteiger partial charge in [0.2, 0.25) is 0 Å². The lowest BCUT2D eigenvalue weighted by molar-refractivity contribution is -0.113. The summed E-state index contributed by atoms with van der Waals surface area (Å²) in [7, 11) is 0. The van der Waals surface area contributed by atoms with E-state index in [1.54, 1.807) is 11.0 Å². The van der Waals surface area contributed by atoms with Gasteiger partial charge in [0.1, 0.15) is 11.5 Å². The molecule has 1 saturated heterocycles. The molecule has 4 rings (SSSR count). The van der Waals surface area contributed by atoms with E-state index in [0.29, 0.717) is 15.0 Å². The summed E-state index contributed by atoms with van der Waals surface area (Å²) < 4.78 is 6.41. The van der Waals surface area contributed by atoms with Gasteiger partial charge in [-0.05, 0) is 30.7 Å². The van der Waals surface area contributed by atoms with Crippen molar-refractivity contribution in [1.29, 1.82) is 0 Å². The van der Waals surface area contributed by atoms with Crippen LogP contribution in [0.4, 0.5) is 5.69 Å². The van der Waals surface area contributed by atoms with Gasteiger partial charge in [-0.3, -0.25) is 9.69 Å². The first-order chi connectivity index (χ1) is 12.6. The Hall–Kier alpha value is -2.63. The van der Waals surface area contributed by atoms with E-state index >= 15 is 0 Å². The van der Waals surface area contributed by atoms with Crippen LogP contribution >= 0.6 is 24.0 Å². The van der Waals surface area contributed by atoms with Crippen LogP contribution < -0.4 is 4.90 Å². The predicted molar refractivity (Wildman–Crippen MR) is 111 cm³/mol. The maximum Gasteiger partial charge on any atom is 0.270 e. The van der Waals surface area contributed by atoms with Crippen molar-refractivity contribution in [3.8, 4) is 11.3 Å². The van der Waals surface area contributed by atoms with Crippen LogP contribution in [0, 0.1) is 6.92 Å². The molecule has 0 N–H and O–H groups in total. The van der Waals surface area contributed by atoms with Crippen LogP contribution in [-0.4, -0.2) is 10.2 Å². The molecule has 0 saturated carbocycles. The average molecular weight is 377 g/mol. The molecule has 3 nitrogen and oxygen atoms in total. The molecule has 0 spiro atoms. The summed E-state index contributed by atoms with van der Waals surface area (Å²) in [4.78, 5) is 15.0. The standard InChI is InChI=1S/C21H15NO2S2/c1-14-7-5-6-10-17(14)22-20(23)19(26-21(22)25)13-16-11-12-18(24-16)15-8-3-2-4-9-15/h2-13H,1H3. The number of hydrogen-bond donors (Lipinski definition) is 0. The van der Waals surface area contributed by atoms with Crippen molar-refractivity contribution >= 4 is 46.0 Å². The third-order valence-electron chi connectivity index (χ3n) is 4.11. The van der Waals surface area contributed by atoms with E-state index < -0.39 is 0 Å². The van der Waals surface area contributed by atoms with Crippen molar-refractivity contribution in [3.05, 3.63) is 83.0 Å². The van der Waals surface area contributed by atoms with E-state index in [0.717, 1.165) is 22.6 Å². The van der Waals surface area contributed by atoms with E-state index in [1.807, 2.05) is 73.7 Å². The van der Waals surface area contributed by atoms with Crippen molar-refractivity contribution in [1.82, 2.24) is 0 Å². The van der Waals surface area contributed by atoms with Gasteiger partial charge < -0.3 is 4.42 Å². The van der Waals surface area contributed by atoms with Gasteiger partial charge in [0, 0.05) is 11.6 Å². The van der Waals surface area contributed by atoms with Crippen molar-refractivity contribution in [2.75, 3.05) is 4.90 Å². The zero-order valence-electron chi connectivity index (χ0n) is 14.0. The molecule has 128 valence electrons. The number of nitrogens with zero attached hydrogens (tertiary/aromatic N) is 1. The molecule has 0 unspecified atom stereocenters. The molecule has 1 fully saturated rings. The van der Waals surface area contributed by atoms with Gasteiger partial charge in [-0.2, -0.15) is 0 Å². The Morgan fingerprint density at radius 3 is 2.50 bits per heavy atom. The van der Waals surface area contributed by atoms with Gasteiger partial charge in [0.15, 0.2) is 4.32 Å². The van der Waals surface area contributed by atoms with Crippen molar-refractivity contribution in [2.45, 2.75) is 6.92 Å². The summed E-state index contributed by atoms with van der Waals surface area (Å²) in [5, 5.41) is 0. The Kier molecular flexibility index (Phi) is 4.49. The van der Waals surface area contributed by atoms with Crippen LogP contribution in [-0.2, 0) is 4.79 Å². The normalized spacial score (nSPS) is 15.9. The van der Waals surface area contributed by atoms with E-state index in [1.165, 1.54) is 11.8 Å². The third-order valence-corrected chi connectivity index (χ3v) is 5.41. The van der Waals surface area contributed by atoms with E-state index in [9.17, 15) is 4.79 Å². The molecule has 5 heteroatoms. The van der Waals surface area contributed by atoms with Gasteiger partial charge in [-0.25, -0.2) is 0 Å². The van der Waals surface area contributed by atoms with Gasteiger partial charge in [0.05, 0.1) is 10.6 Å². The first-order valence-electron chi connectivity index (χ1n) is 8.12. The SMILES string of the molecule is Cc1ccccc1N1C(=O)C(=Cc2ccc(-c3ccccc3)o2)SC1=S. The monoisotopic (exact) mass is 377 g/mol. The molecule has 3 aromatic rings. The van der Waals surface area contributed by atoms with E-state index in [-0.39, 0.29) is 5.91 Å². The zero-order chi connectivity index (χ0) is 18.1.